The highest BCUT2D eigenvalue weighted by atomic mass is 16.5. The molecule has 0 aromatic heterocycles. The number of likely N-dealkylation sites (N-methyl/N-ethyl adjacent to an activating group) is 1. The van der Waals surface area contributed by atoms with Crippen molar-refractivity contribution in [2.75, 3.05) is 14.2 Å². The third-order valence-electron chi connectivity index (χ3n) is 4.23. The molecule has 0 saturated carbocycles. The fourth-order valence-electron chi connectivity index (χ4n) is 3.19. The van der Waals surface area contributed by atoms with Crippen molar-refractivity contribution in [3.05, 3.63) is 41.1 Å². The maximum atomic E-state index is 12.0. The van der Waals surface area contributed by atoms with Crippen LogP contribution in [0.5, 0.6) is 5.75 Å². The lowest BCUT2D eigenvalue weighted by atomic mass is 9.73. The number of fused-ring (bicyclic) bond motifs is 3. The Morgan fingerprint density at radius 2 is 2.17 bits per heavy atom. The maximum Gasteiger partial charge on any atom is 0.227 e. The first-order valence-electron chi connectivity index (χ1n) is 6.21. The maximum absolute atomic E-state index is 12.0. The molecule has 18 heavy (non-hydrogen) atoms. The lowest BCUT2D eigenvalue weighted by Crippen LogP contribution is -2.28. The molecule has 1 aromatic rings. The summed E-state index contributed by atoms with van der Waals surface area (Å²) in [7, 11) is 3.54. The highest BCUT2D eigenvalue weighted by molar-refractivity contribution is 5.85. The molecule has 1 heterocycles. The van der Waals surface area contributed by atoms with Gasteiger partial charge in [-0.15, -0.1) is 0 Å². The molecule has 1 aromatic carbocycles. The number of rotatable bonds is 1. The number of amides is 1. The number of hydrogen-bond acceptors (Lipinski definition) is 2. The van der Waals surface area contributed by atoms with E-state index >= 15 is 0 Å². The van der Waals surface area contributed by atoms with Crippen LogP contribution in [-0.2, 0) is 16.6 Å². The number of benzene rings is 1. The van der Waals surface area contributed by atoms with Gasteiger partial charge in [-0.25, -0.2) is 0 Å². The normalized spacial score (nSPS) is 25.6. The molecule has 3 nitrogen and oxygen atoms in total. The summed E-state index contributed by atoms with van der Waals surface area (Å²) in [6.45, 7) is 2.15. The number of hydrogen-bond donors (Lipinski definition) is 0. The van der Waals surface area contributed by atoms with Crippen molar-refractivity contribution < 1.29 is 9.53 Å². The highest BCUT2D eigenvalue weighted by Gasteiger charge is 2.46. The molecule has 3 rings (SSSR count). The lowest BCUT2D eigenvalue weighted by molar-refractivity contribution is -0.125. The summed E-state index contributed by atoms with van der Waals surface area (Å²) in [5.74, 6) is 1.05. The molecule has 1 atom stereocenters. The van der Waals surface area contributed by atoms with E-state index in [9.17, 15) is 4.79 Å². The van der Waals surface area contributed by atoms with Crippen LogP contribution < -0.4 is 4.74 Å². The Labute approximate surface area is 107 Å². The van der Waals surface area contributed by atoms with Gasteiger partial charge in [0, 0.05) is 24.6 Å². The van der Waals surface area contributed by atoms with Crippen LogP contribution in [0.25, 0.3) is 0 Å². The molecule has 0 spiro atoms. The Morgan fingerprint density at radius 1 is 1.39 bits per heavy atom. The molecule has 1 aliphatic carbocycles. The lowest BCUT2D eigenvalue weighted by Gasteiger charge is -2.33. The van der Waals surface area contributed by atoms with E-state index in [0.29, 0.717) is 6.42 Å². The Morgan fingerprint density at radius 3 is 2.89 bits per heavy atom. The number of nitrogens with zero attached hydrogens (tertiary/aromatic N) is 1. The van der Waals surface area contributed by atoms with E-state index in [1.54, 1.807) is 12.0 Å². The van der Waals surface area contributed by atoms with Crippen LogP contribution in [0.2, 0.25) is 0 Å². The van der Waals surface area contributed by atoms with E-state index < -0.39 is 0 Å². The molecule has 0 N–H and O–H groups in total. The van der Waals surface area contributed by atoms with Gasteiger partial charge in [0.1, 0.15) is 5.75 Å². The molecule has 94 valence electrons. The zero-order chi connectivity index (χ0) is 12.9. The largest absolute Gasteiger partial charge is 0.497 e. The first-order chi connectivity index (χ1) is 8.56. The van der Waals surface area contributed by atoms with E-state index in [1.807, 2.05) is 13.1 Å². The number of likely N-dealkylation sites (tertiary alicyclic amines) is 1. The molecule has 0 bridgehead atoms. The molecule has 3 heteroatoms. The quantitative estimate of drug-likeness (QED) is 0.757. The van der Waals surface area contributed by atoms with Crippen molar-refractivity contribution in [1.29, 1.82) is 0 Å². The summed E-state index contributed by atoms with van der Waals surface area (Å²) in [6.07, 6.45) is 3.62. The van der Waals surface area contributed by atoms with E-state index in [1.165, 1.54) is 11.1 Å². The van der Waals surface area contributed by atoms with Crippen LogP contribution in [-0.4, -0.2) is 25.0 Å². The average molecular weight is 243 g/mol. The molecule has 1 amide bonds. The summed E-state index contributed by atoms with van der Waals surface area (Å²) in [6, 6.07) is 6.17. The molecular formula is C15H17NO2. The molecule has 0 radical (unpaired) electrons. The van der Waals surface area contributed by atoms with Gasteiger partial charge in [0.05, 0.1) is 7.11 Å². The second-order valence-corrected chi connectivity index (χ2v) is 5.28. The number of carbonyl (C=O) groups is 1. The second kappa shape index (κ2) is 3.61. The van der Waals surface area contributed by atoms with Crippen LogP contribution in [0, 0.1) is 0 Å². The predicted octanol–water partition coefficient (Wildman–Crippen LogP) is 2.25. The van der Waals surface area contributed by atoms with Crippen molar-refractivity contribution in [1.82, 2.24) is 4.90 Å². The molecule has 2 aliphatic rings. The number of carbonyl (C=O) groups excluding carboxylic acids is 1. The predicted molar refractivity (Wildman–Crippen MR) is 69.5 cm³/mol. The van der Waals surface area contributed by atoms with Crippen LogP contribution in [0.4, 0.5) is 0 Å². The minimum atomic E-state index is -0.187. The minimum Gasteiger partial charge on any atom is -0.497 e. The van der Waals surface area contributed by atoms with Gasteiger partial charge in [0.2, 0.25) is 5.91 Å². The Bertz CT molecular complexity index is 562. The summed E-state index contributed by atoms with van der Waals surface area (Å²) in [5.41, 5.74) is 3.48. The Kier molecular flexibility index (Phi) is 2.27. The van der Waals surface area contributed by atoms with Gasteiger partial charge < -0.3 is 9.64 Å². The smallest absolute Gasteiger partial charge is 0.227 e. The topological polar surface area (TPSA) is 29.5 Å². The highest BCUT2D eigenvalue weighted by Crippen LogP contribution is 2.47. The van der Waals surface area contributed by atoms with Crippen molar-refractivity contribution in [2.45, 2.75) is 25.2 Å². The summed E-state index contributed by atoms with van der Waals surface area (Å²) >= 11 is 0. The molecule has 1 fully saturated rings. The average Bonchev–Trinajstić information content (AvgIpc) is 2.60. The SMILES string of the molecule is COc1ccc2c(c1)C1(C)CC(=O)N(C)C1=CC2. The number of allylic oxidation sites excluding steroid dienone is 2. The fraction of sp³-hybridized carbons (Fsp3) is 0.400. The molecule has 1 unspecified atom stereocenters. The molecular weight excluding hydrogens is 226 g/mol. The van der Waals surface area contributed by atoms with Crippen LogP contribution in [0.1, 0.15) is 24.5 Å². The van der Waals surface area contributed by atoms with E-state index in [-0.39, 0.29) is 11.3 Å². The summed E-state index contributed by atoms with van der Waals surface area (Å²) in [4.78, 5) is 13.8. The minimum absolute atomic E-state index is 0.187. The first-order valence-corrected chi connectivity index (χ1v) is 6.21. The first kappa shape index (κ1) is 11.3. The van der Waals surface area contributed by atoms with E-state index in [2.05, 4.69) is 25.1 Å². The van der Waals surface area contributed by atoms with Gasteiger partial charge in [-0.3, -0.25) is 4.79 Å². The van der Waals surface area contributed by atoms with Gasteiger partial charge in [-0.05, 0) is 36.6 Å². The van der Waals surface area contributed by atoms with Gasteiger partial charge in [-0.2, -0.15) is 0 Å². The van der Waals surface area contributed by atoms with Crippen molar-refractivity contribution >= 4 is 5.91 Å². The van der Waals surface area contributed by atoms with Crippen LogP contribution in [0.3, 0.4) is 0 Å². The zero-order valence-electron chi connectivity index (χ0n) is 11.0. The number of methoxy groups -OCH3 is 1. The van der Waals surface area contributed by atoms with Crippen LogP contribution in [0.15, 0.2) is 30.0 Å². The molecule has 1 aliphatic heterocycles. The van der Waals surface area contributed by atoms with Gasteiger partial charge in [0.25, 0.3) is 0 Å². The summed E-state index contributed by atoms with van der Waals surface area (Å²) < 4.78 is 5.31. The number of ether oxygens (including phenoxy) is 1. The fourth-order valence-corrected chi connectivity index (χ4v) is 3.19. The van der Waals surface area contributed by atoms with Gasteiger partial charge in [-0.1, -0.05) is 12.1 Å². The van der Waals surface area contributed by atoms with Crippen molar-refractivity contribution in [2.24, 2.45) is 0 Å². The standard InChI is InChI=1S/C15H17NO2/c1-15-9-14(17)16(2)13(15)7-5-10-4-6-11(18-3)8-12(10)15/h4,6-8H,5,9H2,1-3H3. The van der Waals surface area contributed by atoms with Crippen molar-refractivity contribution in [3.8, 4) is 5.75 Å². The van der Waals surface area contributed by atoms with Gasteiger partial charge in [0.15, 0.2) is 0 Å². The van der Waals surface area contributed by atoms with E-state index in [4.69, 9.17) is 4.74 Å². The van der Waals surface area contributed by atoms with Crippen molar-refractivity contribution in [3.63, 3.8) is 0 Å². The Hall–Kier alpha value is -1.77. The molecule has 1 saturated heterocycles. The third-order valence-corrected chi connectivity index (χ3v) is 4.23. The monoisotopic (exact) mass is 243 g/mol. The summed E-state index contributed by atoms with van der Waals surface area (Å²) in [5, 5.41) is 0. The third kappa shape index (κ3) is 1.33. The van der Waals surface area contributed by atoms with Crippen LogP contribution >= 0.6 is 0 Å². The van der Waals surface area contributed by atoms with E-state index in [0.717, 1.165) is 17.9 Å². The Balaban J connectivity index is 2.17. The zero-order valence-corrected chi connectivity index (χ0v) is 11.0. The second-order valence-electron chi connectivity index (χ2n) is 5.28. The van der Waals surface area contributed by atoms with Gasteiger partial charge >= 0.3 is 0 Å².